The van der Waals surface area contributed by atoms with Crippen molar-refractivity contribution in [2.24, 2.45) is 0 Å². The largest absolute Gasteiger partial charge is 0.872 e. The van der Waals surface area contributed by atoms with E-state index in [4.69, 9.17) is 0 Å². The molecule has 2 aromatic carbocycles. The second-order valence-corrected chi connectivity index (χ2v) is 3.88. The van der Waals surface area contributed by atoms with E-state index in [1.807, 2.05) is 0 Å². The second-order valence-electron chi connectivity index (χ2n) is 3.88. The van der Waals surface area contributed by atoms with Crippen LogP contribution in [0.5, 0.6) is 11.5 Å². The smallest absolute Gasteiger partial charge is 0.270 e. The topological polar surface area (TPSA) is 132 Å². The molecular weight excluding hydrogens is 268 g/mol. The van der Waals surface area contributed by atoms with Crippen LogP contribution in [0.1, 0.15) is 0 Å². The van der Waals surface area contributed by atoms with Crippen LogP contribution in [0.15, 0.2) is 36.4 Å². The molecule has 0 aliphatic rings. The van der Waals surface area contributed by atoms with Gasteiger partial charge in [-0.3, -0.25) is 20.2 Å². The summed E-state index contributed by atoms with van der Waals surface area (Å²) < 4.78 is 0. The molecule has 8 heteroatoms. The number of nitrogens with zero attached hydrogens (tertiary/aromatic N) is 2. The van der Waals surface area contributed by atoms with Gasteiger partial charge in [0.15, 0.2) is 0 Å². The molecule has 0 atom stereocenters. The highest BCUT2D eigenvalue weighted by atomic mass is 16.6. The van der Waals surface area contributed by atoms with Gasteiger partial charge in [0.1, 0.15) is 0 Å². The Morgan fingerprint density at radius 1 is 0.700 bits per heavy atom. The summed E-state index contributed by atoms with van der Waals surface area (Å²) in [5, 5.41) is 44.7. The van der Waals surface area contributed by atoms with Crippen LogP contribution in [0, 0.1) is 20.2 Å². The number of nitro benzene ring substituents is 2. The summed E-state index contributed by atoms with van der Waals surface area (Å²) in [6.07, 6.45) is 0. The Morgan fingerprint density at radius 3 is 1.35 bits per heavy atom. The van der Waals surface area contributed by atoms with Crippen molar-refractivity contribution in [3.05, 3.63) is 56.6 Å². The Kier molecular flexibility index (Phi) is 3.21. The normalized spacial score (nSPS) is 10.2. The van der Waals surface area contributed by atoms with Crippen LogP contribution in [0.25, 0.3) is 11.1 Å². The third-order valence-corrected chi connectivity index (χ3v) is 2.64. The van der Waals surface area contributed by atoms with E-state index in [-0.39, 0.29) is 22.5 Å². The quantitative estimate of drug-likeness (QED) is 0.612. The Hall–Kier alpha value is -3.16. The van der Waals surface area contributed by atoms with Crippen LogP contribution in [-0.4, -0.2) is 9.85 Å². The van der Waals surface area contributed by atoms with Crippen molar-refractivity contribution in [3.63, 3.8) is 0 Å². The van der Waals surface area contributed by atoms with Gasteiger partial charge >= 0.3 is 0 Å². The highest BCUT2D eigenvalue weighted by molar-refractivity contribution is 5.78. The molecule has 2 aromatic rings. The van der Waals surface area contributed by atoms with Gasteiger partial charge in [0.25, 0.3) is 11.4 Å². The summed E-state index contributed by atoms with van der Waals surface area (Å²) in [5.74, 6) is -1.23. The fraction of sp³-hybridized carbons (Fsp3) is 0. The van der Waals surface area contributed by atoms with Crippen LogP contribution in [0.2, 0.25) is 0 Å². The lowest BCUT2D eigenvalue weighted by molar-refractivity contribution is -0.385. The van der Waals surface area contributed by atoms with Crippen molar-refractivity contribution in [2.45, 2.75) is 0 Å². The second kappa shape index (κ2) is 4.84. The third kappa shape index (κ3) is 2.34. The maximum atomic E-state index is 11.7. The van der Waals surface area contributed by atoms with E-state index < -0.39 is 21.3 Å². The molecule has 0 saturated heterocycles. The molecule has 102 valence electrons. The molecule has 2 rings (SSSR count). The molecule has 0 radical (unpaired) electrons. The first-order chi connectivity index (χ1) is 9.40. The highest BCUT2D eigenvalue weighted by Crippen LogP contribution is 2.36. The van der Waals surface area contributed by atoms with E-state index in [1.54, 1.807) is 0 Å². The molecule has 20 heavy (non-hydrogen) atoms. The first-order valence-corrected chi connectivity index (χ1v) is 5.31. The number of nitro groups is 2. The standard InChI is InChI=1S/C12H8N2O6/c15-11-3-1-7(13(17)18)5-9(11)10-6-8(14(19)20)2-4-12(10)16/h1-6,15-16H/p-2. The molecule has 0 saturated carbocycles. The fourth-order valence-electron chi connectivity index (χ4n) is 1.68. The molecule has 0 spiro atoms. The van der Waals surface area contributed by atoms with Gasteiger partial charge < -0.3 is 10.2 Å². The summed E-state index contributed by atoms with van der Waals surface area (Å²) in [7, 11) is 0. The van der Waals surface area contributed by atoms with Crippen molar-refractivity contribution in [3.8, 4) is 22.6 Å². The molecule has 0 N–H and O–H groups in total. The van der Waals surface area contributed by atoms with Crippen molar-refractivity contribution in [1.29, 1.82) is 0 Å². The van der Waals surface area contributed by atoms with Crippen molar-refractivity contribution < 1.29 is 20.1 Å². The van der Waals surface area contributed by atoms with Gasteiger partial charge in [-0.05, 0) is 11.1 Å². The lowest BCUT2D eigenvalue weighted by Gasteiger charge is -2.18. The number of hydrogen-bond donors (Lipinski definition) is 0. The molecule has 0 fully saturated rings. The number of rotatable bonds is 3. The molecule has 0 aromatic heterocycles. The van der Waals surface area contributed by atoms with Crippen LogP contribution < -0.4 is 10.2 Å². The van der Waals surface area contributed by atoms with Crippen LogP contribution in [0.3, 0.4) is 0 Å². The Morgan fingerprint density at radius 2 is 1.05 bits per heavy atom. The zero-order valence-electron chi connectivity index (χ0n) is 9.81. The predicted octanol–water partition coefficient (Wildman–Crippen LogP) is 1.32. The average Bonchev–Trinajstić information content (AvgIpc) is 2.39. The summed E-state index contributed by atoms with van der Waals surface area (Å²) in [5.41, 5.74) is -1.20. The number of hydrogen-bond acceptors (Lipinski definition) is 6. The molecule has 0 bridgehead atoms. The van der Waals surface area contributed by atoms with Gasteiger partial charge in [-0.1, -0.05) is 12.1 Å². The van der Waals surface area contributed by atoms with Crippen molar-refractivity contribution >= 4 is 11.4 Å². The van der Waals surface area contributed by atoms with E-state index in [0.717, 1.165) is 36.4 Å². The minimum absolute atomic E-state index is 0.229. The third-order valence-electron chi connectivity index (χ3n) is 2.64. The lowest BCUT2D eigenvalue weighted by Crippen LogP contribution is -2.00. The van der Waals surface area contributed by atoms with E-state index in [1.165, 1.54) is 0 Å². The number of non-ortho nitro benzene ring substituents is 2. The van der Waals surface area contributed by atoms with Crippen LogP contribution >= 0.6 is 0 Å². The zero-order chi connectivity index (χ0) is 14.9. The molecule has 0 heterocycles. The monoisotopic (exact) mass is 274 g/mol. The minimum atomic E-state index is -0.717. The van der Waals surface area contributed by atoms with Gasteiger partial charge in [-0.2, -0.15) is 0 Å². The minimum Gasteiger partial charge on any atom is -0.872 e. The van der Waals surface area contributed by atoms with E-state index in [2.05, 4.69) is 0 Å². The summed E-state index contributed by atoms with van der Waals surface area (Å²) in [6.45, 7) is 0. The van der Waals surface area contributed by atoms with Gasteiger partial charge in [-0.25, -0.2) is 0 Å². The summed E-state index contributed by atoms with van der Waals surface area (Å²) in [6, 6.07) is 5.78. The Labute approximate surface area is 111 Å². The van der Waals surface area contributed by atoms with Gasteiger partial charge in [-0.15, -0.1) is 11.5 Å². The van der Waals surface area contributed by atoms with E-state index in [9.17, 15) is 30.4 Å². The van der Waals surface area contributed by atoms with Crippen LogP contribution in [-0.2, 0) is 0 Å². The van der Waals surface area contributed by atoms with E-state index >= 15 is 0 Å². The SMILES string of the molecule is O=[N+]([O-])c1ccc([O-])c(-c2cc([N+](=O)[O-])ccc2[O-])c1. The summed E-state index contributed by atoms with van der Waals surface area (Å²) >= 11 is 0. The lowest BCUT2D eigenvalue weighted by atomic mass is 10.0. The molecule has 8 nitrogen and oxygen atoms in total. The molecule has 0 aliphatic heterocycles. The maximum absolute atomic E-state index is 11.7. The van der Waals surface area contributed by atoms with Crippen LogP contribution in [0.4, 0.5) is 11.4 Å². The first kappa shape index (κ1) is 13.3. The predicted molar refractivity (Wildman–Crippen MR) is 64.1 cm³/mol. The molecule has 0 aliphatic carbocycles. The average molecular weight is 274 g/mol. The highest BCUT2D eigenvalue weighted by Gasteiger charge is 2.12. The maximum Gasteiger partial charge on any atom is 0.270 e. The summed E-state index contributed by atoms with van der Waals surface area (Å²) in [4.78, 5) is 19.9. The molecule has 0 unspecified atom stereocenters. The van der Waals surface area contributed by atoms with Gasteiger partial charge in [0.05, 0.1) is 9.85 Å². The Bertz CT molecular complexity index is 652. The first-order valence-electron chi connectivity index (χ1n) is 5.31. The van der Waals surface area contributed by atoms with Crippen molar-refractivity contribution in [2.75, 3.05) is 0 Å². The van der Waals surface area contributed by atoms with Gasteiger partial charge in [0.2, 0.25) is 0 Å². The molecular formula is C12H6N2O6-2. The van der Waals surface area contributed by atoms with E-state index in [0.29, 0.717) is 0 Å². The fourth-order valence-corrected chi connectivity index (χ4v) is 1.68. The van der Waals surface area contributed by atoms with Crippen molar-refractivity contribution in [1.82, 2.24) is 0 Å². The van der Waals surface area contributed by atoms with Gasteiger partial charge in [0, 0.05) is 24.3 Å². The number of benzene rings is 2. The zero-order valence-corrected chi connectivity index (χ0v) is 9.81. The molecule has 0 amide bonds. The Balaban J connectivity index is 2.67.